The molecule has 0 bridgehead atoms. The number of hydrogen-bond donors (Lipinski definition) is 17. The molecule has 49 heteroatoms. The lowest BCUT2D eigenvalue weighted by Crippen LogP contribution is -2.37. The minimum atomic E-state index is -0.130. The van der Waals surface area contributed by atoms with Gasteiger partial charge in [0.15, 0.2) is 33.9 Å². The van der Waals surface area contributed by atoms with Crippen LogP contribution in [0.2, 0.25) is 5.15 Å². The molecule has 0 radical (unpaired) electrons. The van der Waals surface area contributed by atoms with Gasteiger partial charge >= 0.3 is 29.1 Å². The van der Waals surface area contributed by atoms with Gasteiger partial charge in [-0.15, -0.1) is 39.1 Å². The van der Waals surface area contributed by atoms with E-state index in [-0.39, 0.29) is 127 Å². The van der Waals surface area contributed by atoms with E-state index in [2.05, 4.69) is 96.8 Å². The van der Waals surface area contributed by atoms with Crippen molar-refractivity contribution in [1.29, 1.82) is 10.8 Å². The quantitative estimate of drug-likeness (QED) is 0.0143. The molecule has 99 heavy (non-hydrogen) atoms. The van der Waals surface area contributed by atoms with Crippen LogP contribution in [0, 0.1) is 15.7 Å². The lowest BCUT2D eigenvalue weighted by molar-refractivity contribution is -0.739. The van der Waals surface area contributed by atoms with Gasteiger partial charge < -0.3 is 74.0 Å². The van der Waals surface area contributed by atoms with Crippen LogP contribution in [0.1, 0.15) is 0 Å². The Morgan fingerprint density at radius 2 is 0.758 bits per heavy atom. The van der Waals surface area contributed by atoms with Crippen LogP contribution in [0.5, 0.6) is 0 Å². The molecule has 0 atom stereocenters. The van der Waals surface area contributed by atoms with Gasteiger partial charge in [-0.3, -0.25) is 0 Å². The zero-order chi connectivity index (χ0) is 70.7. The number of anilines is 4. The molecule has 46 nitrogen and oxygen atoms in total. The molecule has 10 heterocycles. The Bertz CT molecular complexity index is 3870. The number of rotatable bonds is 27. The van der Waals surface area contributed by atoms with E-state index in [0.29, 0.717) is 110 Å². The standard InChI is InChI=1S/C10H13ClN6O2.C10H13N8O2.C10H15N7O2.C5H8N4O2.C5H7N4O.2C5H9N3O.2ClH/c11-10-8(7-13-17(10)4-6-19)14-15-9-1-2-12-16(9)3-5-18;11-14-10-8(7-13-18(10)4-6-20)15-16-9-1-2-12-17(9)3-5-19;11-10-8(7-13-17(10)4-6-19)14-15-9-1-2-12-16(9)3-5-18;6-5-4(8-11)3-7-9(5)1-2-10;6-8-5-1-2-7-9(5)3-4-10;2*6-5-1-2-7-8(5)3-4-9;;/h1-2,7,18-19H,3-6H2;1-2,7,19-20H,3-6H2;1-2,7,18-19H,3-6H2,(H2,11,12,13,15);3,10H,1-2,6H2;1-2,10H,3-4H2;2*1-2,9H,3-4,6H2;2*1H/q;+1;;;+1;;;;/p+3. The van der Waals surface area contributed by atoms with Crippen molar-refractivity contribution >= 4 is 112 Å². The zero-order valence-electron chi connectivity index (χ0n) is 52.8. The van der Waals surface area contributed by atoms with Crippen LogP contribution in [0.3, 0.4) is 0 Å². The first kappa shape index (κ1) is 84.1. The van der Waals surface area contributed by atoms with Gasteiger partial charge in [-0.05, 0) is 32.7 Å². The molecule has 0 amide bonds. The van der Waals surface area contributed by atoms with Crippen LogP contribution in [0.15, 0.2) is 134 Å². The summed E-state index contributed by atoms with van der Waals surface area (Å²) in [5.74, 6) is 3.84. The van der Waals surface area contributed by atoms with Gasteiger partial charge in [-0.2, -0.15) is 39.5 Å². The molecule has 21 N–H and O–H groups in total. The number of hydrogen-bond acceptors (Lipinski definition) is 31. The van der Waals surface area contributed by atoms with Gasteiger partial charge in [0.2, 0.25) is 5.69 Å². The van der Waals surface area contributed by atoms with Crippen LogP contribution >= 0.6 is 36.4 Å². The number of aliphatic hydroxyl groups is 10. The minimum absolute atomic E-state index is 0. The molecular formula is C50H79Cl3N35O11+5. The van der Waals surface area contributed by atoms with Crippen LogP contribution in [-0.2, 0) is 65.4 Å². The molecular weight excluding hydrogens is 1370 g/mol. The van der Waals surface area contributed by atoms with E-state index in [9.17, 15) is 4.91 Å². The first-order chi connectivity index (χ1) is 47.2. The summed E-state index contributed by atoms with van der Waals surface area (Å²) in [5, 5.41) is 167. The summed E-state index contributed by atoms with van der Waals surface area (Å²) in [5.41, 5.74) is 23.3. The van der Waals surface area contributed by atoms with Crippen molar-refractivity contribution in [2.24, 2.45) is 35.9 Å². The number of nitrogens with zero attached hydrogens (tertiary/aromatic N) is 28. The predicted molar refractivity (Wildman–Crippen MR) is 354 cm³/mol. The number of nitrogen functional groups attached to an aromatic ring is 4. The van der Waals surface area contributed by atoms with Gasteiger partial charge in [-0.25, -0.2) is 38.7 Å². The third-order valence-corrected chi connectivity index (χ3v) is 12.3. The third-order valence-electron chi connectivity index (χ3n) is 11.9. The van der Waals surface area contributed by atoms with Crippen molar-refractivity contribution in [3.05, 3.63) is 118 Å². The van der Waals surface area contributed by atoms with Crippen LogP contribution < -0.4 is 37.0 Å². The second-order valence-electron chi connectivity index (χ2n) is 18.3. The Morgan fingerprint density at radius 3 is 1.16 bits per heavy atom. The Kier molecular flexibility index (Phi) is 40.6. The summed E-state index contributed by atoms with van der Waals surface area (Å²) in [7, 11) is 0. The van der Waals surface area contributed by atoms with Crippen molar-refractivity contribution in [2.75, 3.05) is 89.0 Å². The fourth-order valence-electron chi connectivity index (χ4n) is 7.36. The molecule has 10 aromatic rings. The summed E-state index contributed by atoms with van der Waals surface area (Å²) < 4.78 is 14.9. The lowest BCUT2D eigenvalue weighted by Gasteiger charge is -1.98. The van der Waals surface area contributed by atoms with E-state index in [1.54, 1.807) is 90.8 Å². The molecule has 0 saturated carbocycles. The van der Waals surface area contributed by atoms with E-state index in [1.807, 2.05) is 0 Å². The molecule has 0 aromatic carbocycles. The van der Waals surface area contributed by atoms with Gasteiger partial charge in [0.1, 0.15) is 50.6 Å². The molecule has 10 aromatic heterocycles. The summed E-state index contributed by atoms with van der Waals surface area (Å²) in [6, 6.07) is 10.1. The fraction of sp³-hybridized carbons (Fsp3) is 0.400. The maximum absolute atomic E-state index is 10.00. The van der Waals surface area contributed by atoms with Gasteiger partial charge in [-0.1, -0.05) is 21.8 Å². The zero-order valence-corrected chi connectivity index (χ0v) is 55.2. The van der Waals surface area contributed by atoms with Crippen molar-refractivity contribution < 1.29 is 65.1 Å². The summed E-state index contributed by atoms with van der Waals surface area (Å²) in [6.45, 7) is 3.40. The summed E-state index contributed by atoms with van der Waals surface area (Å²) >= 11 is 6.03. The maximum atomic E-state index is 10.00. The van der Waals surface area contributed by atoms with E-state index in [4.69, 9.17) is 96.4 Å². The average Bonchev–Trinajstić information content (AvgIpc) is 1.81. The van der Waals surface area contributed by atoms with Crippen LogP contribution in [0.25, 0.3) is 9.95 Å². The fourth-order valence-corrected chi connectivity index (χ4v) is 7.57. The highest BCUT2D eigenvalue weighted by atomic mass is 35.5. The largest absolute Gasteiger partial charge is 0.476 e. The number of azo groups is 3. The van der Waals surface area contributed by atoms with Crippen LogP contribution in [-0.4, -0.2) is 201 Å². The first-order valence-electron chi connectivity index (χ1n) is 28.7. The van der Waals surface area contributed by atoms with E-state index < -0.39 is 0 Å². The third kappa shape index (κ3) is 27.2. The topological polar surface area (TPSA) is 650 Å². The SMILES string of the molecule is Cl.Cl.N#[N+]c1c(N=Nc2cc[nH][n+]2CCO)cnn1CCO.N#[N+]c1ccnn1CCO.Nc1c(N=Nc2cc[nH][n+]2CCO)cnn1CCO.Nc1c(N=O)cnn1CCO.Nc1ccnn1CCO.Nc1ccnn1CCO.OCCn1ncc(N=Nc2cc[nH][n+]2CCO)c1Cl. The van der Waals surface area contributed by atoms with Crippen LogP contribution in [0.4, 0.5) is 75.1 Å². The number of halogens is 3. The first-order valence-corrected chi connectivity index (χ1v) is 29.1. The number of aromatic nitrogens is 20. The Morgan fingerprint density at radius 1 is 0.414 bits per heavy atom. The second-order valence-corrected chi connectivity index (χ2v) is 18.7. The Hall–Kier alpha value is -11.0. The van der Waals surface area contributed by atoms with Gasteiger partial charge in [0.05, 0.1) is 186 Å². The average molecular weight is 1450 g/mol. The van der Waals surface area contributed by atoms with Crippen molar-refractivity contribution in [3.63, 3.8) is 0 Å². The highest BCUT2D eigenvalue weighted by Gasteiger charge is 2.24. The number of nitrogens with two attached hydrogens (primary N) is 4. The van der Waals surface area contributed by atoms with E-state index >= 15 is 0 Å². The van der Waals surface area contributed by atoms with E-state index in [0.717, 1.165) is 0 Å². The number of diazo groups is 2. The van der Waals surface area contributed by atoms with E-state index in [1.165, 1.54) is 54.4 Å². The monoisotopic (exact) mass is 1450 g/mol. The smallest absolute Gasteiger partial charge is 0.394 e. The highest BCUT2D eigenvalue weighted by Crippen LogP contribution is 2.29. The predicted octanol–water partition coefficient (Wildman–Crippen LogP) is 0.391. The second kappa shape index (κ2) is 47.8. The number of nitroso groups, excluding NO2 is 1. The number of aliphatic hydroxyl groups excluding tert-OH is 10. The van der Waals surface area contributed by atoms with Crippen molar-refractivity contribution in [3.8, 4) is 0 Å². The summed E-state index contributed by atoms with van der Waals surface area (Å²) in [6.07, 6.45) is 15.4. The minimum Gasteiger partial charge on any atom is -0.394 e. The molecule has 0 saturated heterocycles. The normalized spacial score (nSPS) is 10.5. The van der Waals surface area contributed by atoms with Crippen molar-refractivity contribution in [1.82, 2.24) is 83.8 Å². The molecule has 0 aliphatic rings. The number of H-pyrrole nitrogens is 3. The number of aromatic amines is 3. The number of nitrogens with one attached hydrogen (secondary N) is 3. The van der Waals surface area contributed by atoms with Crippen molar-refractivity contribution in [2.45, 2.75) is 65.4 Å². The molecule has 0 spiro atoms. The Balaban J connectivity index is 0.000000401. The molecule has 0 aliphatic carbocycles. The molecule has 10 rings (SSSR count). The maximum Gasteiger partial charge on any atom is 0.476 e. The highest BCUT2D eigenvalue weighted by molar-refractivity contribution is 6.31. The Labute approximate surface area is 577 Å². The lowest BCUT2D eigenvalue weighted by atomic mass is 10.5. The van der Waals surface area contributed by atoms with Gasteiger partial charge in [0, 0.05) is 28.5 Å². The summed E-state index contributed by atoms with van der Waals surface area (Å²) in [4.78, 5) is 16.0. The molecule has 0 fully saturated rings. The molecule has 536 valence electrons. The molecule has 0 aliphatic heterocycles. The van der Waals surface area contributed by atoms with Gasteiger partial charge in [0.25, 0.3) is 0 Å². The molecule has 0 unspecified atom stereocenters.